The molecule has 0 aliphatic heterocycles. The molecular weight excluding hydrogens is 272 g/mol. The molecule has 1 saturated carbocycles. The standard InChI is InChI=1S/C15H16N2O2S/c16-20(18,19)15(13-7-4-8-17-11-13)10-14(15)9-12-5-2-1-3-6-12/h1-8,11,14H,9-10H2,(H2,16,18,19). The summed E-state index contributed by atoms with van der Waals surface area (Å²) >= 11 is 0. The fourth-order valence-electron chi connectivity index (χ4n) is 2.92. The van der Waals surface area contributed by atoms with E-state index in [4.69, 9.17) is 5.14 Å². The first-order chi connectivity index (χ1) is 9.54. The molecule has 1 aliphatic carbocycles. The fourth-order valence-corrected chi connectivity index (χ4v) is 4.35. The van der Waals surface area contributed by atoms with Crippen molar-refractivity contribution in [3.8, 4) is 0 Å². The van der Waals surface area contributed by atoms with E-state index in [1.165, 1.54) is 0 Å². The normalized spacial score (nSPS) is 25.4. The largest absolute Gasteiger partial charge is 0.264 e. The number of primary sulfonamides is 1. The molecule has 1 heterocycles. The Morgan fingerprint density at radius 3 is 2.55 bits per heavy atom. The molecule has 3 rings (SSSR count). The van der Waals surface area contributed by atoms with Gasteiger partial charge in [-0.1, -0.05) is 36.4 Å². The lowest BCUT2D eigenvalue weighted by molar-refractivity contribution is 0.572. The van der Waals surface area contributed by atoms with E-state index in [0.29, 0.717) is 18.4 Å². The second kappa shape index (κ2) is 4.68. The van der Waals surface area contributed by atoms with Gasteiger partial charge in [-0.25, -0.2) is 13.6 Å². The minimum atomic E-state index is -3.65. The van der Waals surface area contributed by atoms with Crippen LogP contribution in [0, 0.1) is 5.92 Å². The molecule has 2 N–H and O–H groups in total. The van der Waals surface area contributed by atoms with E-state index in [2.05, 4.69) is 4.98 Å². The lowest BCUT2D eigenvalue weighted by Crippen LogP contribution is -2.31. The monoisotopic (exact) mass is 288 g/mol. The minimum absolute atomic E-state index is 0.0177. The van der Waals surface area contributed by atoms with Crippen LogP contribution in [0.25, 0.3) is 0 Å². The summed E-state index contributed by atoms with van der Waals surface area (Å²) in [6.07, 6.45) is 4.52. The number of rotatable bonds is 4. The van der Waals surface area contributed by atoms with Crippen molar-refractivity contribution in [3.05, 3.63) is 66.0 Å². The van der Waals surface area contributed by atoms with Gasteiger partial charge in [-0.3, -0.25) is 4.98 Å². The van der Waals surface area contributed by atoms with Gasteiger partial charge in [-0.15, -0.1) is 0 Å². The van der Waals surface area contributed by atoms with Gasteiger partial charge in [-0.05, 0) is 36.0 Å². The summed E-state index contributed by atoms with van der Waals surface area (Å²) in [6, 6.07) is 13.4. The van der Waals surface area contributed by atoms with Crippen LogP contribution in [0.5, 0.6) is 0 Å². The van der Waals surface area contributed by atoms with Crippen molar-refractivity contribution < 1.29 is 8.42 Å². The summed E-state index contributed by atoms with van der Waals surface area (Å²) in [5.74, 6) is 0.0177. The molecule has 0 saturated heterocycles. The summed E-state index contributed by atoms with van der Waals surface area (Å²) < 4.78 is 23.2. The Balaban J connectivity index is 1.93. The van der Waals surface area contributed by atoms with E-state index in [1.807, 2.05) is 30.3 Å². The van der Waals surface area contributed by atoms with Gasteiger partial charge in [0.25, 0.3) is 0 Å². The zero-order chi connectivity index (χ0) is 14.2. The van der Waals surface area contributed by atoms with Crippen molar-refractivity contribution in [3.63, 3.8) is 0 Å². The van der Waals surface area contributed by atoms with E-state index < -0.39 is 14.8 Å². The smallest absolute Gasteiger partial charge is 0.219 e. The number of pyridine rings is 1. The quantitative estimate of drug-likeness (QED) is 0.932. The summed E-state index contributed by atoms with van der Waals surface area (Å²) in [5.41, 5.74) is 1.83. The number of hydrogen-bond donors (Lipinski definition) is 1. The Morgan fingerprint density at radius 1 is 1.20 bits per heavy atom. The highest BCUT2D eigenvalue weighted by molar-refractivity contribution is 7.90. The third-order valence-corrected chi connectivity index (χ3v) is 5.78. The molecule has 1 fully saturated rings. The van der Waals surface area contributed by atoms with Crippen LogP contribution in [-0.4, -0.2) is 13.4 Å². The van der Waals surface area contributed by atoms with Crippen LogP contribution in [0.3, 0.4) is 0 Å². The van der Waals surface area contributed by atoms with Crippen molar-refractivity contribution in [2.24, 2.45) is 11.1 Å². The fraction of sp³-hybridized carbons (Fsp3) is 0.267. The van der Waals surface area contributed by atoms with E-state index in [9.17, 15) is 8.42 Å². The third kappa shape index (κ3) is 2.13. The molecule has 5 heteroatoms. The summed E-state index contributed by atoms with van der Waals surface area (Å²) in [7, 11) is -3.65. The van der Waals surface area contributed by atoms with Gasteiger partial charge in [0.15, 0.2) is 0 Å². The van der Waals surface area contributed by atoms with E-state index in [1.54, 1.807) is 24.5 Å². The number of sulfonamides is 1. The van der Waals surface area contributed by atoms with E-state index in [0.717, 1.165) is 5.56 Å². The maximum absolute atomic E-state index is 12.1. The van der Waals surface area contributed by atoms with Crippen LogP contribution in [0.2, 0.25) is 0 Å². The number of nitrogens with zero attached hydrogens (tertiary/aromatic N) is 1. The molecule has 2 unspecified atom stereocenters. The highest BCUT2D eigenvalue weighted by atomic mass is 32.2. The van der Waals surface area contributed by atoms with Crippen molar-refractivity contribution in [1.82, 2.24) is 4.98 Å². The Bertz CT molecular complexity index is 701. The minimum Gasteiger partial charge on any atom is -0.264 e. The van der Waals surface area contributed by atoms with Crippen molar-refractivity contribution >= 4 is 10.0 Å². The first kappa shape index (κ1) is 13.3. The summed E-state index contributed by atoms with van der Waals surface area (Å²) in [5, 5.41) is 5.50. The van der Waals surface area contributed by atoms with Gasteiger partial charge in [0.2, 0.25) is 10.0 Å². The van der Waals surface area contributed by atoms with Crippen LogP contribution in [0.15, 0.2) is 54.9 Å². The SMILES string of the molecule is NS(=O)(=O)C1(c2cccnc2)CC1Cc1ccccc1. The molecule has 2 atom stereocenters. The molecule has 20 heavy (non-hydrogen) atoms. The number of nitrogens with two attached hydrogens (primary N) is 1. The van der Waals surface area contributed by atoms with Crippen molar-refractivity contribution in [1.29, 1.82) is 0 Å². The highest BCUT2D eigenvalue weighted by Crippen LogP contribution is 2.58. The predicted octanol–water partition coefficient (Wildman–Crippen LogP) is 1.83. The van der Waals surface area contributed by atoms with Gasteiger partial charge in [-0.2, -0.15) is 0 Å². The van der Waals surface area contributed by atoms with Crippen LogP contribution >= 0.6 is 0 Å². The van der Waals surface area contributed by atoms with Crippen molar-refractivity contribution in [2.45, 2.75) is 17.6 Å². The lowest BCUT2D eigenvalue weighted by atomic mass is 10.0. The third-order valence-electron chi connectivity index (χ3n) is 4.03. The summed E-state index contributed by atoms with van der Waals surface area (Å²) in [6.45, 7) is 0. The molecular formula is C15H16N2O2S. The number of benzene rings is 1. The van der Waals surface area contributed by atoms with Gasteiger partial charge >= 0.3 is 0 Å². The maximum atomic E-state index is 12.1. The molecule has 104 valence electrons. The Labute approximate surface area is 118 Å². The predicted molar refractivity (Wildman–Crippen MR) is 77.3 cm³/mol. The van der Waals surface area contributed by atoms with E-state index >= 15 is 0 Å². The Hall–Kier alpha value is -1.72. The second-order valence-corrected chi connectivity index (χ2v) is 7.09. The van der Waals surface area contributed by atoms with Crippen LogP contribution in [-0.2, 0) is 21.2 Å². The molecule has 1 aliphatic rings. The Kier molecular flexibility index (Phi) is 3.11. The van der Waals surface area contributed by atoms with Crippen LogP contribution in [0.1, 0.15) is 17.5 Å². The molecule has 1 aromatic carbocycles. The van der Waals surface area contributed by atoms with Gasteiger partial charge in [0.1, 0.15) is 4.75 Å². The average molecular weight is 288 g/mol. The van der Waals surface area contributed by atoms with Crippen LogP contribution in [0.4, 0.5) is 0 Å². The molecule has 0 radical (unpaired) electrons. The van der Waals surface area contributed by atoms with Gasteiger partial charge < -0.3 is 0 Å². The molecule has 0 spiro atoms. The van der Waals surface area contributed by atoms with Gasteiger partial charge in [0.05, 0.1) is 0 Å². The zero-order valence-electron chi connectivity index (χ0n) is 10.9. The highest BCUT2D eigenvalue weighted by Gasteiger charge is 2.63. The number of hydrogen-bond acceptors (Lipinski definition) is 3. The summed E-state index contributed by atoms with van der Waals surface area (Å²) in [4.78, 5) is 4.03. The maximum Gasteiger partial charge on any atom is 0.219 e. The molecule has 4 nitrogen and oxygen atoms in total. The second-order valence-electron chi connectivity index (χ2n) is 5.27. The molecule has 1 aromatic heterocycles. The Morgan fingerprint density at radius 2 is 1.95 bits per heavy atom. The zero-order valence-corrected chi connectivity index (χ0v) is 11.8. The molecule has 0 amide bonds. The topological polar surface area (TPSA) is 73.1 Å². The first-order valence-electron chi connectivity index (χ1n) is 6.51. The van der Waals surface area contributed by atoms with Crippen LogP contribution < -0.4 is 5.14 Å². The molecule has 0 bridgehead atoms. The van der Waals surface area contributed by atoms with Crippen molar-refractivity contribution in [2.75, 3.05) is 0 Å². The average Bonchev–Trinajstić information content (AvgIpc) is 3.16. The van der Waals surface area contributed by atoms with E-state index in [-0.39, 0.29) is 5.92 Å². The molecule has 2 aromatic rings. The van der Waals surface area contributed by atoms with Gasteiger partial charge in [0, 0.05) is 12.4 Å². The first-order valence-corrected chi connectivity index (χ1v) is 8.05. The lowest BCUT2D eigenvalue weighted by Gasteiger charge is -2.15. The number of aromatic nitrogens is 1.